The first-order valence-corrected chi connectivity index (χ1v) is 9.58. The van der Waals surface area contributed by atoms with Crippen LogP contribution in [0.4, 0.5) is 15.9 Å². The molecule has 1 aliphatic heterocycles. The Morgan fingerprint density at radius 3 is 2.41 bits per heavy atom. The van der Waals surface area contributed by atoms with Gasteiger partial charge in [0.15, 0.2) is 5.13 Å². The van der Waals surface area contributed by atoms with E-state index in [-0.39, 0.29) is 11.9 Å². The number of rotatable bonds is 4. The highest BCUT2D eigenvalue weighted by Crippen LogP contribution is 2.21. The molecule has 1 fully saturated rings. The topological polar surface area (TPSA) is 103 Å². The molecule has 2 N–H and O–H groups in total. The monoisotopic (exact) mass is 389 g/mol. The average Bonchev–Trinajstić information content (AvgIpc) is 2.99. The van der Waals surface area contributed by atoms with E-state index in [1.165, 1.54) is 11.3 Å². The van der Waals surface area contributed by atoms with E-state index in [1.54, 1.807) is 30.3 Å². The van der Waals surface area contributed by atoms with E-state index in [0.29, 0.717) is 37.3 Å². The molecule has 1 atom stereocenters. The van der Waals surface area contributed by atoms with E-state index >= 15 is 0 Å². The van der Waals surface area contributed by atoms with Crippen molar-refractivity contribution in [2.45, 2.75) is 26.8 Å². The third kappa shape index (κ3) is 4.70. The minimum Gasteiger partial charge on any atom is -0.337 e. The lowest BCUT2D eigenvalue weighted by Gasteiger charge is -2.35. The molecule has 0 saturated carbocycles. The van der Waals surface area contributed by atoms with Crippen LogP contribution in [0.2, 0.25) is 0 Å². The number of amides is 3. The number of nitrogens with one attached hydrogen (secondary N) is 2. The zero-order valence-corrected chi connectivity index (χ0v) is 16.4. The van der Waals surface area contributed by atoms with Crippen LogP contribution in [0.5, 0.6) is 0 Å². The van der Waals surface area contributed by atoms with Crippen LogP contribution in [0.25, 0.3) is 0 Å². The largest absolute Gasteiger partial charge is 0.337 e. The molecular formula is C17H23N7O2S. The highest BCUT2D eigenvalue weighted by molar-refractivity contribution is 7.15. The number of piperazine rings is 1. The summed E-state index contributed by atoms with van der Waals surface area (Å²) in [6.07, 6.45) is 3.40. The Labute approximate surface area is 161 Å². The van der Waals surface area contributed by atoms with Gasteiger partial charge in [0.2, 0.25) is 11.9 Å². The number of nitrogens with zero attached hydrogens (tertiary/aromatic N) is 5. The van der Waals surface area contributed by atoms with Crippen molar-refractivity contribution in [3.63, 3.8) is 0 Å². The Hall–Kier alpha value is -2.75. The maximum atomic E-state index is 12.4. The molecule has 0 aromatic carbocycles. The van der Waals surface area contributed by atoms with Gasteiger partial charge in [0.05, 0.1) is 5.69 Å². The maximum Gasteiger partial charge on any atom is 0.318 e. The van der Waals surface area contributed by atoms with Crippen molar-refractivity contribution in [2.75, 3.05) is 36.4 Å². The van der Waals surface area contributed by atoms with Gasteiger partial charge in [-0.3, -0.25) is 4.79 Å². The van der Waals surface area contributed by atoms with E-state index in [0.717, 1.165) is 10.6 Å². The molecule has 0 radical (unpaired) electrons. The zero-order valence-electron chi connectivity index (χ0n) is 15.6. The van der Waals surface area contributed by atoms with Crippen molar-refractivity contribution in [3.8, 4) is 0 Å². The number of thiazole rings is 1. The fourth-order valence-corrected chi connectivity index (χ4v) is 3.46. The van der Waals surface area contributed by atoms with E-state index < -0.39 is 6.04 Å². The van der Waals surface area contributed by atoms with Crippen LogP contribution in [-0.4, -0.2) is 64.0 Å². The quantitative estimate of drug-likeness (QED) is 0.819. The van der Waals surface area contributed by atoms with Gasteiger partial charge in [0.1, 0.15) is 6.04 Å². The number of aryl methyl sites for hydroxylation is 2. The van der Waals surface area contributed by atoms with Gasteiger partial charge in [-0.1, -0.05) is 0 Å². The molecule has 10 heteroatoms. The Bertz CT molecular complexity index is 783. The van der Waals surface area contributed by atoms with E-state index in [9.17, 15) is 9.59 Å². The summed E-state index contributed by atoms with van der Waals surface area (Å²) < 4.78 is 0. The second-order valence-electron chi connectivity index (χ2n) is 6.34. The number of hydrogen-bond acceptors (Lipinski definition) is 7. The molecule has 0 aliphatic carbocycles. The molecule has 2 aromatic rings. The van der Waals surface area contributed by atoms with Gasteiger partial charge in [-0.05, 0) is 26.8 Å². The predicted molar refractivity (Wildman–Crippen MR) is 104 cm³/mol. The number of carbonyl (C=O) groups excluding carboxylic acids is 2. The van der Waals surface area contributed by atoms with Crippen LogP contribution in [0.1, 0.15) is 17.5 Å². The summed E-state index contributed by atoms with van der Waals surface area (Å²) in [7, 11) is 0. The second-order valence-corrected chi connectivity index (χ2v) is 7.55. The lowest BCUT2D eigenvalue weighted by atomic mass is 10.3. The average molecular weight is 389 g/mol. The van der Waals surface area contributed by atoms with Gasteiger partial charge >= 0.3 is 6.03 Å². The minimum atomic E-state index is -0.655. The molecule has 1 unspecified atom stereocenters. The molecule has 0 bridgehead atoms. The number of anilines is 2. The van der Waals surface area contributed by atoms with Crippen LogP contribution in [0, 0.1) is 13.8 Å². The summed E-state index contributed by atoms with van der Waals surface area (Å²) in [6, 6.07) is 0.865. The lowest BCUT2D eigenvalue weighted by molar-refractivity contribution is -0.117. The molecule has 9 nitrogen and oxygen atoms in total. The molecule has 3 amide bonds. The highest BCUT2D eigenvalue weighted by atomic mass is 32.1. The van der Waals surface area contributed by atoms with Gasteiger partial charge in [-0.2, -0.15) is 0 Å². The molecule has 1 aliphatic rings. The van der Waals surface area contributed by atoms with E-state index in [2.05, 4.69) is 25.6 Å². The molecule has 144 valence electrons. The van der Waals surface area contributed by atoms with Crippen molar-refractivity contribution in [1.29, 1.82) is 0 Å². The van der Waals surface area contributed by atoms with Crippen molar-refractivity contribution in [3.05, 3.63) is 29.0 Å². The maximum absolute atomic E-state index is 12.4. The van der Waals surface area contributed by atoms with E-state index in [1.807, 2.05) is 18.7 Å². The van der Waals surface area contributed by atoms with Gasteiger partial charge in [-0.25, -0.2) is 19.7 Å². The SMILES string of the molecule is Cc1nc(NC(=O)C(C)NC(=O)N2CCN(c3ncccn3)CC2)sc1C. The number of aromatic nitrogens is 3. The van der Waals surface area contributed by atoms with Crippen LogP contribution in [0.3, 0.4) is 0 Å². The molecular weight excluding hydrogens is 366 g/mol. The Kier molecular flexibility index (Phi) is 5.84. The number of hydrogen-bond donors (Lipinski definition) is 2. The minimum absolute atomic E-state index is 0.252. The fraction of sp³-hybridized carbons (Fsp3) is 0.471. The smallest absolute Gasteiger partial charge is 0.318 e. The Morgan fingerprint density at radius 2 is 1.81 bits per heavy atom. The third-order valence-corrected chi connectivity index (χ3v) is 5.38. The first-order valence-electron chi connectivity index (χ1n) is 8.76. The summed E-state index contributed by atoms with van der Waals surface area (Å²) in [5, 5.41) is 6.05. The molecule has 2 aromatic heterocycles. The van der Waals surface area contributed by atoms with E-state index in [4.69, 9.17) is 0 Å². The number of urea groups is 1. The van der Waals surface area contributed by atoms with Crippen LogP contribution in [0.15, 0.2) is 18.5 Å². The van der Waals surface area contributed by atoms with Crippen molar-refractivity contribution in [1.82, 2.24) is 25.2 Å². The van der Waals surface area contributed by atoms with Gasteiger partial charge < -0.3 is 20.4 Å². The normalized spacial score (nSPS) is 15.4. The van der Waals surface area contributed by atoms with Crippen LogP contribution >= 0.6 is 11.3 Å². The summed E-state index contributed by atoms with van der Waals surface area (Å²) in [6.45, 7) is 7.90. The first kappa shape index (κ1) is 19.0. The molecule has 3 heterocycles. The summed E-state index contributed by atoms with van der Waals surface area (Å²) in [4.78, 5) is 42.3. The fourth-order valence-electron chi connectivity index (χ4n) is 2.65. The summed E-state index contributed by atoms with van der Waals surface area (Å²) in [5.74, 6) is 0.382. The number of carbonyl (C=O) groups is 2. The second kappa shape index (κ2) is 8.30. The first-order chi connectivity index (χ1) is 12.9. The van der Waals surface area contributed by atoms with Crippen molar-refractivity contribution >= 4 is 34.4 Å². The molecule has 27 heavy (non-hydrogen) atoms. The van der Waals surface area contributed by atoms with Gasteiger partial charge in [-0.15, -0.1) is 11.3 Å². The molecule has 1 saturated heterocycles. The third-order valence-electron chi connectivity index (χ3n) is 4.39. The van der Waals surface area contributed by atoms with Gasteiger partial charge in [0.25, 0.3) is 0 Å². The van der Waals surface area contributed by atoms with Crippen molar-refractivity contribution in [2.24, 2.45) is 0 Å². The Morgan fingerprint density at radius 1 is 1.15 bits per heavy atom. The molecule has 0 spiro atoms. The summed E-state index contributed by atoms with van der Waals surface area (Å²) in [5.41, 5.74) is 0.896. The standard InChI is InChI=1S/C17H23N7O2S/c1-11-13(3)27-16(20-11)22-14(25)12(2)21-17(26)24-9-7-23(8-10-24)15-18-5-4-6-19-15/h4-6,12H,7-10H2,1-3H3,(H,21,26)(H,20,22,25). The zero-order chi connectivity index (χ0) is 19.4. The Balaban J connectivity index is 1.48. The molecule has 3 rings (SSSR count). The predicted octanol–water partition coefficient (Wildman–Crippen LogP) is 1.41. The highest BCUT2D eigenvalue weighted by Gasteiger charge is 2.25. The van der Waals surface area contributed by atoms with Gasteiger partial charge in [0, 0.05) is 43.4 Å². The van der Waals surface area contributed by atoms with Crippen LogP contribution < -0.4 is 15.5 Å². The van der Waals surface area contributed by atoms with Crippen molar-refractivity contribution < 1.29 is 9.59 Å². The lowest BCUT2D eigenvalue weighted by Crippen LogP contribution is -2.55. The van der Waals surface area contributed by atoms with Crippen LogP contribution in [-0.2, 0) is 4.79 Å². The summed E-state index contributed by atoms with van der Waals surface area (Å²) >= 11 is 1.42.